The van der Waals surface area contributed by atoms with Gasteiger partial charge in [-0.15, -0.1) is 0 Å². The molecule has 6 nitrogen and oxygen atoms in total. The minimum Gasteiger partial charge on any atom is -0.466 e. The fourth-order valence-corrected chi connectivity index (χ4v) is 3.42. The lowest BCUT2D eigenvalue weighted by molar-refractivity contribution is 0.0528. The van der Waals surface area contributed by atoms with Gasteiger partial charge in [-0.1, -0.05) is 0 Å². The summed E-state index contributed by atoms with van der Waals surface area (Å²) >= 11 is 1.46. The van der Waals surface area contributed by atoms with Crippen LogP contribution in [-0.4, -0.2) is 24.4 Å². The normalized spacial score (nSPS) is 14.9. The van der Waals surface area contributed by atoms with Crippen molar-refractivity contribution in [2.24, 2.45) is 0 Å². The van der Waals surface area contributed by atoms with E-state index in [0.29, 0.717) is 28.4 Å². The van der Waals surface area contributed by atoms with Crippen LogP contribution in [0.1, 0.15) is 21.7 Å². The number of fused-ring (bicyclic) bond motifs is 1. The predicted molar refractivity (Wildman–Crippen MR) is 90.9 cm³/mol. The van der Waals surface area contributed by atoms with Crippen molar-refractivity contribution in [1.29, 1.82) is 0 Å². The number of amides is 1. The largest absolute Gasteiger partial charge is 0.466 e. The molecule has 1 aliphatic heterocycles. The fourth-order valence-electron chi connectivity index (χ4n) is 2.69. The Bertz CT molecular complexity index is 839. The van der Waals surface area contributed by atoms with Crippen molar-refractivity contribution in [1.82, 2.24) is 5.32 Å². The van der Waals surface area contributed by atoms with Crippen LogP contribution in [0.25, 0.3) is 0 Å². The van der Waals surface area contributed by atoms with E-state index < -0.39 is 5.60 Å². The number of ether oxygens (including phenoxy) is 2. The van der Waals surface area contributed by atoms with Crippen LogP contribution in [0.4, 0.5) is 0 Å². The molecule has 2 N–H and O–H groups in total. The number of thiophene rings is 1. The van der Waals surface area contributed by atoms with Crippen molar-refractivity contribution in [2.45, 2.75) is 5.60 Å². The number of nitrogens with one attached hydrogen (secondary N) is 1. The molecule has 0 spiro atoms. The molecule has 0 aliphatic carbocycles. The van der Waals surface area contributed by atoms with Gasteiger partial charge in [-0.25, -0.2) is 0 Å². The van der Waals surface area contributed by atoms with E-state index in [9.17, 15) is 9.90 Å². The summed E-state index contributed by atoms with van der Waals surface area (Å²) in [6, 6.07) is 10.2. The van der Waals surface area contributed by atoms with Crippen LogP contribution in [-0.2, 0) is 5.60 Å². The monoisotopic (exact) mass is 357 g/mol. The summed E-state index contributed by atoms with van der Waals surface area (Å²) in [6.45, 7) is 0.126. The molecule has 1 amide bonds. The lowest BCUT2D eigenvalue weighted by atomic mass is 9.93. The summed E-state index contributed by atoms with van der Waals surface area (Å²) < 4.78 is 15.9. The first-order valence-electron chi connectivity index (χ1n) is 7.64. The quantitative estimate of drug-likeness (QED) is 0.734. The molecule has 1 aliphatic rings. The molecule has 128 valence electrons. The minimum absolute atomic E-state index is 0.0233. The molecule has 0 radical (unpaired) electrons. The van der Waals surface area contributed by atoms with E-state index in [0.717, 1.165) is 0 Å². The molecule has 4 rings (SSSR count). The van der Waals surface area contributed by atoms with Gasteiger partial charge in [-0.3, -0.25) is 4.79 Å². The van der Waals surface area contributed by atoms with Crippen LogP contribution in [0, 0.1) is 0 Å². The molecule has 0 saturated heterocycles. The summed E-state index contributed by atoms with van der Waals surface area (Å²) in [5.41, 5.74) is -0.343. The Kier molecular flexibility index (Phi) is 3.95. The fraction of sp³-hybridized carbons (Fsp3) is 0.167. The van der Waals surface area contributed by atoms with E-state index >= 15 is 0 Å². The first-order chi connectivity index (χ1) is 12.2. The average molecular weight is 357 g/mol. The lowest BCUT2D eigenvalue weighted by Gasteiger charge is -2.25. The van der Waals surface area contributed by atoms with Crippen molar-refractivity contribution in [3.05, 3.63) is 70.3 Å². The molecule has 2 aromatic heterocycles. The van der Waals surface area contributed by atoms with E-state index in [1.54, 1.807) is 36.4 Å². The summed E-state index contributed by atoms with van der Waals surface area (Å²) in [5.74, 6) is 1.20. The summed E-state index contributed by atoms with van der Waals surface area (Å²) in [6.07, 6.45) is 1.49. The maximum absolute atomic E-state index is 12.5. The Morgan fingerprint density at radius 2 is 2.12 bits per heavy atom. The zero-order valence-corrected chi connectivity index (χ0v) is 13.9. The van der Waals surface area contributed by atoms with Crippen LogP contribution in [0.3, 0.4) is 0 Å². The third kappa shape index (κ3) is 2.88. The number of rotatable bonds is 5. The number of aliphatic hydroxyl groups is 1. The van der Waals surface area contributed by atoms with Crippen LogP contribution < -0.4 is 14.8 Å². The van der Waals surface area contributed by atoms with Crippen molar-refractivity contribution < 1.29 is 23.8 Å². The first kappa shape index (κ1) is 15.7. The molecule has 7 heteroatoms. The Morgan fingerprint density at radius 1 is 1.24 bits per heavy atom. The van der Waals surface area contributed by atoms with Gasteiger partial charge in [0.2, 0.25) is 6.79 Å². The van der Waals surface area contributed by atoms with Gasteiger partial charge >= 0.3 is 0 Å². The van der Waals surface area contributed by atoms with E-state index in [1.165, 1.54) is 17.6 Å². The molecule has 3 heterocycles. The van der Waals surface area contributed by atoms with Crippen molar-refractivity contribution >= 4 is 17.2 Å². The van der Waals surface area contributed by atoms with Gasteiger partial charge in [0.05, 0.1) is 12.8 Å². The molecule has 25 heavy (non-hydrogen) atoms. The van der Waals surface area contributed by atoms with E-state index in [2.05, 4.69) is 5.32 Å². The topological polar surface area (TPSA) is 80.9 Å². The average Bonchev–Trinajstić information content (AvgIpc) is 3.40. The molecule has 1 aromatic carbocycles. The van der Waals surface area contributed by atoms with Gasteiger partial charge in [0.15, 0.2) is 17.1 Å². The van der Waals surface area contributed by atoms with Gasteiger partial charge in [0, 0.05) is 11.1 Å². The maximum Gasteiger partial charge on any atom is 0.251 e. The standard InChI is InChI=1S/C18H15NO5S/c20-17(12-3-4-14-15(8-12)24-11-23-14)19-10-18(21,13-5-7-25-9-13)16-2-1-6-22-16/h1-9,21H,10-11H2,(H,19,20)/t18-/m0/s1. The zero-order chi connectivity index (χ0) is 17.3. The van der Waals surface area contributed by atoms with Crippen molar-refractivity contribution in [3.8, 4) is 11.5 Å². The van der Waals surface area contributed by atoms with Crippen molar-refractivity contribution in [2.75, 3.05) is 13.3 Å². The van der Waals surface area contributed by atoms with Crippen LogP contribution in [0.5, 0.6) is 11.5 Å². The second kappa shape index (κ2) is 6.27. The molecule has 1 atom stereocenters. The van der Waals surface area contributed by atoms with Crippen LogP contribution in [0.2, 0.25) is 0 Å². The Morgan fingerprint density at radius 3 is 2.88 bits per heavy atom. The molecule has 3 aromatic rings. The SMILES string of the molecule is O=C(NC[C@](O)(c1ccsc1)c1ccco1)c1ccc2c(c1)OCO2. The highest BCUT2D eigenvalue weighted by molar-refractivity contribution is 7.08. The summed E-state index contributed by atoms with van der Waals surface area (Å²) in [7, 11) is 0. The molecular formula is C18H15NO5S. The highest BCUT2D eigenvalue weighted by Crippen LogP contribution is 2.33. The minimum atomic E-state index is -1.44. The first-order valence-corrected chi connectivity index (χ1v) is 8.58. The van der Waals surface area contributed by atoms with Crippen molar-refractivity contribution in [3.63, 3.8) is 0 Å². The maximum atomic E-state index is 12.5. The van der Waals surface area contributed by atoms with E-state index in [4.69, 9.17) is 13.9 Å². The highest BCUT2D eigenvalue weighted by atomic mass is 32.1. The number of hydrogen-bond donors (Lipinski definition) is 2. The molecule has 0 fully saturated rings. The summed E-state index contributed by atoms with van der Waals surface area (Å²) in [5, 5.41) is 17.6. The second-order valence-corrected chi connectivity index (χ2v) is 6.38. The van der Waals surface area contributed by atoms with Gasteiger partial charge in [-0.2, -0.15) is 11.3 Å². The highest BCUT2D eigenvalue weighted by Gasteiger charge is 2.35. The Hall–Kier alpha value is -2.77. The predicted octanol–water partition coefficient (Wildman–Crippen LogP) is 2.74. The summed E-state index contributed by atoms with van der Waals surface area (Å²) in [4.78, 5) is 12.5. The molecule has 0 unspecified atom stereocenters. The second-order valence-electron chi connectivity index (χ2n) is 5.60. The molecule has 0 bridgehead atoms. The Balaban J connectivity index is 1.55. The lowest BCUT2D eigenvalue weighted by Crippen LogP contribution is -2.41. The number of benzene rings is 1. The smallest absolute Gasteiger partial charge is 0.251 e. The number of carbonyl (C=O) groups excluding carboxylic acids is 1. The van der Waals surface area contributed by atoms with E-state index in [1.807, 2.05) is 10.8 Å². The molecular weight excluding hydrogens is 342 g/mol. The third-order valence-corrected chi connectivity index (χ3v) is 4.75. The Labute approximate surface area is 147 Å². The number of carbonyl (C=O) groups is 1. The van der Waals surface area contributed by atoms with Gasteiger partial charge < -0.3 is 24.3 Å². The van der Waals surface area contributed by atoms with Crippen LogP contribution >= 0.6 is 11.3 Å². The van der Waals surface area contributed by atoms with Gasteiger partial charge in [0.25, 0.3) is 5.91 Å². The van der Waals surface area contributed by atoms with Gasteiger partial charge in [-0.05, 0) is 47.2 Å². The number of furan rings is 1. The number of hydrogen-bond acceptors (Lipinski definition) is 6. The zero-order valence-electron chi connectivity index (χ0n) is 13.1. The van der Waals surface area contributed by atoms with E-state index in [-0.39, 0.29) is 19.2 Å². The third-order valence-electron chi connectivity index (χ3n) is 4.07. The van der Waals surface area contributed by atoms with Crippen LogP contribution in [0.15, 0.2) is 57.8 Å². The van der Waals surface area contributed by atoms with Gasteiger partial charge in [0.1, 0.15) is 5.76 Å². The molecule has 0 saturated carbocycles.